The average Bonchev–Trinajstić information content (AvgIpc) is 2.92. The lowest BCUT2D eigenvalue weighted by atomic mass is 10.0. The van der Waals surface area contributed by atoms with E-state index >= 15 is 0 Å². The number of aromatic carboxylic acids is 1. The van der Waals surface area contributed by atoms with E-state index in [-0.39, 0.29) is 11.4 Å². The fourth-order valence-corrected chi connectivity index (χ4v) is 2.64. The Morgan fingerprint density at radius 2 is 1.83 bits per heavy atom. The number of rotatable bonds is 4. The summed E-state index contributed by atoms with van der Waals surface area (Å²) in [5, 5.41) is 14.0. The van der Waals surface area contributed by atoms with Crippen molar-refractivity contribution in [2.75, 3.05) is 7.11 Å². The number of hydrogen-bond acceptors (Lipinski definition) is 3. The maximum atomic E-state index is 13.2. The minimum Gasteiger partial charge on any atom is -0.496 e. The van der Waals surface area contributed by atoms with Gasteiger partial charge in [-0.15, -0.1) is 0 Å². The van der Waals surface area contributed by atoms with Gasteiger partial charge in [0.1, 0.15) is 17.1 Å². The molecular formula is C18H15FN2O3. The average molecular weight is 326 g/mol. The first-order chi connectivity index (χ1) is 11.5. The van der Waals surface area contributed by atoms with Gasteiger partial charge >= 0.3 is 5.97 Å². The van der Waals surface area contributed by atoms with Crippen molar-refractivity contribution in [1.29, 1.82) is 0 Å². The second-order valence-electron chi connectivity index (χ2n) is 5.20. The fraction of sp³-hybridized carbons (Fsp3) is 0.111. The van der Waals surface area contributed by atoms with Crippen molar-refractivity contribution in [3.05, 3.63) is 65.6 Å². The zero-order valence-electron chi connectivity index (χ0n) is 13.2. The molecule has 0 aliphatic rings. The number of ether oxygens (including phenoxy) is 1. The Morgan fingerprint density at radius 1 is 1.17 bits per heavy atom. The van der Waals surface area contributed by atoms with E-state index in [1.54, 1.807) is 43.3 Å². The molecule has 1 aromatic heterocycles. The summed E-state index contributed by atoms with van der Waals surface area (Å²) in [5.74, 6) is -0.926. The topological polar surface area (TPSA) is 64.3 Å². The highest BCUT2D eigenvalue weighted by atomic mass is 19.1. The lowest BCUT2D eigenvalue weighted by molar-refractivity contribution is 0.0697. The van der Waals surface area contributed by atoms with E-state index in [0.29, 0.717) is 28.4 Å². The molecule has 0 saturated heterocycles. The molecule has 0 radical (unpaired) electrons. The van der Waals surface area contributed by atoms with Crippen LogP contribution in [0.15, 0.2) is 48.5 Å². The maximum Gasteiger partial charge on any atom is 0.339 e. The Bertz CT molecular complexity index is 901. The van der Waals surface area contributed by atoms with Crippen LogP contribution >= 0.6 is 0 Å². The number of halogens is 1. The van der Waals surface area contributed by atoms with Gasteiger partial charge in [0.05, 0.1) is 24.2 Å². The Morgan fingerprint density at radius 3 is 2.46 bits per heavy atom. The van der Waals surface area contributed by atoms with Crippen LogP contribution in [0.4, 0.5) is 4.39 Å². The predicted molar refractivity (Wildman–Crippen MR) is 87.2 cm³/mol. The van der Waals surface area contributed by atoms with Crippen LogP contribution in [0.3, 0.4) is 0 Å². The number of hydrogen-bond donors (Lipinski definition) is 1. The van der Waals surface area contributed by atoms with Crippen LogP contribution in [0.2, 0.25) is 0 Å². The Labute approximate surface area is 137 Å². The van der Waals surface area contributed by atoms with Gasteiger partial charge in [0.15, 0.2) is 0 Å². The van der Waals surface area contributed by atoms with Crippen LogP contribution in [0.25, 0.3) is 16.9 Å². The number of aryl methyl sites for hydroxylation is 1. The van der Waals surface area contributed by atoms with Crippen LogP contribution < -0.4 is 4.74 Å². The van der Waals surface area contributed by atoms with Gasteiger partial charge in [0.25, 0.3) is 0 Å². The third kappa shape index (κ3) is 2.62. The SMILES string of the molecule is COc1ccccc1-c1c(C(=O)O)c(C)nn1-c1ccc(F)cc1. The molecule has 2 aromatic carbocycles. The number of para-hydroxylation sites is 1. The molecule has 1 heterocycles. The molecule has 0 bridgehead atoms. The molecule has 6 heteroatoms. The number of methoxy groups -OCH3 is 1. The highest BCUT2D eigenvalue weighted by molar-refractivity contribution is 5.97. The standard InChI is InChI=1S/C18H15FN2O3/c1-11-16(18(22)23)17(14-5-3-4-6-15(14)24-2)21(20-11)13-9-7-12(19)8-10-13/h3-10H,1-2H3,(H,22,23). The molecule has 0 atom stereocenters. The molecule has 0 fully saturated rings. The van der Waals surface area contributed by atoms with Gasteiger partial charge in [-0.05, 0) is 43.3 Å². The van der Waals surface area contributed by atoms with Gasteiger partial charge in [-0.3, -0.25) is 0 Å². The molecule has 3 rings (SSSR count). The summed E-state index contributed by atoms with van der Waals surface area (Å²) < 4.78 is 20.1. The van der Waals surface area contributed by atoms with Crippen LogP contribution in [-0.4, -0.2) is 28.0 Å². The molecule has 24 heavy (non-hydrogen) atoms. The zero-order chi connectivity index (χ0) is 17.3. The first-order valence-corrected chi connectivity index (χ1v) is 7.25. The van der Waals surface area contributed by atoms with E-state index in [0.717, 1.165) is 0 Å². The van der Waals surface area contributed by atoms with Crippen molar-refractivity contribution < 1.29 is 19.0 Å². The summed E-state index contributed by atoms with van der Waals surface area (Å²) in [6.07, 6.45) is 0. The first kappa shape index (κ1) is 15.7. The van der Waals surface area contributed by atoms with Crippen molar-refractivity contribution in [3.8, 4) is 22.7 Å². The smallest absolute Gasteiger partial charge is 0.339 e. The van der Waals surface area contributed by atoms with Gasteiger partial charge in [-0.1, -0.05) is 12.1 Å². The lowest BCUT2D eigenvalue weighted by Crippen LogP contribution is -2.04. The molecule has 0 spiro atoms. The number of carbonyl (C=O) groups is 1. The fourth-order valence-electron chi connectivity index (χ4n) is 2.64. The van der Waals surface area contributed by atoms with Gasteiger partial charge in [-0.25, -0.2) is 13.9 Å². The van der Waals surface area contributed by atoms with E-state index < -0.39 is 5.97 Å². The third-order valence-electron chi connectivity index (χ3n) is 3.71. The Kier molecular flexibility index (Phi) is 4.04. The minimum atomic E-state index is -1.08. The predicted octanol–water partition coefficient (Wildman–Crippen LogP) is 3.69. The normalized spacial score (nSPS) is 10.6. The molecule has 122 valence electrons. The van der Waals surface area contributed by atoms with Crippen LogP contribution in [0.1, 0.15) is 16.1 Å². The third-order valence-corrected chi connectivity index (χ3v) is 3.71. The molecule has 0 aliphatic carbocycles. The van der Waals surface area contributed by atoms with Crippen molar-refractivity contribution in [2.24, 2.45) is 0 Å². The van der Waals surface area contributed by atoms with Crippen molar-refractivity contribution in [1.82, 2.24) is 9.78 Å². The first-order valence-electron chi connectivity index (χ1n) is 7.25. The number of carboxylic acids is 1. The highest BCUT2D eigenvalue weighted by Crippen LogP contribution is 2.35. The number of nitrogens with zero attached hydrogens (tertiary/aromatic N) is 2. The van der Waals surface area contributed by atoms with Crippen LogP contribution in [0.5, 0.6) is 5.75 Å². The van der Waals surface area contributed by atoms with Gasteiger partial charge < -0.3 is 9.84 Å². The van der Waals surface area contributed by atoms with Crippen molar-refractivity contribution in [2.45, 2.75) is 6.92 Å². The monoisotopic (exact) mass is 326 g/mol. The zero-order valence-corrected chi connectivity index (χ0v) is 13.2. The summed E-state index contributed by atoms with van der Waals surface area (Å²) in [5.41, 5.74) is 2.01. The van der Waals surface area contributed by atoms with Gasteiger partial charge in [0, 0.05) is 5.56 Å². The second kappa shape index (κ2) is 6.16. The largest absolute Gasteiger partial charge is 0.496 e. The lowest BCUT2D eigenvalue weighted by Gasteiger charge is -2.12. The molecule has 0 saturated carbocycles. The maximum absolute atomic E-state index is 13.2. The molecule has 0 aliphatic heterocycles. The summed E-state index contributed by atoms with van der Waals surface area (Å²) in [7, 11) is 1.52. The second-order valence-corrected chi connectivity index (χ2v) is 5.20. The van der Waals surface area contributed by atoms with E-state index in [1.807, 2.05) is 0 Å². The van der Waals surface area contributed by atoms with Crippen LogP contribution in [-0.2, 0) is 0 Å². The molecular weight excluding hydrogens is 311 g/mol. The van der Waals surface area contributed by atoms with E-state index in [4.69, 9.17) is 4.74 Å². The van der Waals surface area contributed by atoms with Gasteiger partial charge in [0.2, 0.25) is 0 Å². The quantitative estimate of drug-likeness (QED) is 0.794. The molecule has 0 amide bonds. The molecule has 5 nitrogen and oxygen atoms in total. The number of carboxylic acid groups (broad SMARTS) is 1. The Hall–Kier alpha value is -3.15. The Balaban J connectivity index is 2.33. The summed E-state index contributed by atoms with van der Waals surface area (Å²) >= 11 is 0. The minimum absolute atomic E-state index is 0.0869. The number of aromatic nitrogens is 2. The molecule has 1 N–H and O–H groups in total. The van der Waals surface area contributed by atoms with E-state index in [1.165, 1.54) is 23.9 Å². The summed E-state index contributed by atoms with van der Waals surface area (Å²) in [4.78, 5) is 11.8. The highest BCUT2D eigenvalue weighted by Gasteiger charge is 2.25. The summed E-state index contributed by atoms with van der Waals surface area (Å²) in [6, 6.07) is 12.8. The molecule has 3 aromatic rings. The van der Waals surface area contributed by atoms with Crippen molar-refractivity contribution >= 4 is 5.97 Å². The van der Waals surface area contributed by atoms with Gasteiger partial charge in [-0.2, -0.15) is 5.10 Å². The van der Waals surface area contributed by atoms with Crippen LogP contribution in [0, 0.1) is 12.7 Å². The molecule has 0 unspecified atom stereocenters. The number of benzene rings is 2. The van der Waals surface area contributed by atoms with E-state index in [9.17, 15) is 14.3 Å². The van der Waals surface area contributed by atoms with Crippen molar-refractivity contribution in [3.63, 3.8) is 0 Å². The summed E-state index contributed by atoms with van der Waals surface area (Å²) in [6.45, 7) is 1.63. The van der Waals surface area contributed by atoms with E-state index in [2.05, 4.69) is 5.10 Å².